The maximum Gasteiger partial charge on any atom is 0.251 e. The molecule has 6 heteroatoms. The zero-order valence-electron chi connectivity index (χ0n) is 9.66. The van der Waals surface area contributed by atoms with E-state index < -0.39 is 23.5 Å². The van der Waals surface area contributed by atoms with Crippen LogP contribution in [0, 0.1) is 17.6 Å². The zero-order valence-corrected chi connectivity index (χ0v) is 9.66. The van der Waals surface area contributed by atoms with E-state index in [0.29, 0.717) is 5.56 Å². The van der Waals surface area contributed by atoms with Crippen molar-refractivity contribution in [3.63, 3.8) is 0 Å². The van der Waals surface area contributed by atoms with Crippen molar-refractivity contribution in [2.75, 3.05) is 0 Å². The first kappa shape index (κ1) is 13.1. The molecule has 0 aliphatic carbocycles. The Morgan fingerprint density at radius 2 is 1.89 bits per heavy atom. The number of rotatable bonds is 3. The van der Waals surface area contributed by atoms with Gasteiger partial charge in [-0.3, -0.25) is 4.79 Å². The Morgan fingerprint density at radius 3 is 2.58 bits per heavy atom. The summed E-state index contributed by atoms with van der Waals surface area (Å²) < 4.78 is 38.4. The molecule has 0 radical (unpaired) electrons. The van der Waals surface area contributed by atoms with E-state index in [-0.39, 0.29) is 12.1 Å². The molecule has 0 saturated carbocycles. The van der Waals surface area contributed by atoms with Crippen molar-refractivity contribution >= 4 is 5.91 Å². The van der Waals surface area contributed by atoms with Crippen molar-refractivity contribution in [1.29, 1.82) is 0 Å². The average Bonchev–Trinajstić information content (AvgIpc) is 2.40. The van der Waals surface area contributed by atoms with Gasteiger partial charge >= 0.3 is 0 Å². The first-order chi connectivity index (χ1) is 9.06. The van der Waals surface area contributed by atoms with Crippen molar-refractivity contribution in [3.05, 3.63) is 65.2 Å². The molecule has 1 aromatic carbocycles. The lowest BCUT2D eigenvalue weighted by atomic mass is 10.2. The number of carbonyl (C=O) groups is 1. The fraction of sp³-hybridized carbons (Fsp3) is 0.0769. The molecule has 1 N–H and O–H groups in total. The lowest BCUT2D eigenvalue weighted by molar-refractivity contribution is 0.0950. The SMILES string of the molecule is O=C(NCc1ccc(F)c(F)c1)c1ccnc(F)c1. The molecule has 0 spiro atoms. The number of benzene rings is 1. The van der Waals surface area contributed by atoms with E-state index in [2.05, 4.69) is 10.3 Å². The van der Waals surface area contributed by atoms with Crippen LogP contribution < -0.4 is 5.32 Å². The van der Waals surface area contributed by atoms with Gasteiger partial charge in [-0.15, -0.1) is 0 Å². The second kappa shape index (κ2) is 5.51. The highest BCUT2D eigenvalue weighted by atomic mass is 19.2. The molecule has 0 atom stereocenters. The molecule has 1 aromatic heterocycles. The highest BCUT2D eigenvalue weighted by molar-refractivity contribution is 5.93. The number of hydrogen-bond acceptors (Lipinski definition) is 2. The lowest BCUT2D eigenvalue weighted by Crippen LogP contribution is -2.23. The molecule has 19 heavy (non-hydrogen) atoms. The van der Waals surface area contributed by atoms with Crippen molar-refractivity contribution < 1.29 is 18.0 Å². The molecule has 98 valence electrons. The molecular weight excluding hydrogens is 257 g/mol. The quantitative estimate of drug-likeness (QED) is 0.867. The predicted octanol–water partition coefficient (Wildman–Crippen LogP) is 2.43. The summed E-state index contributed by atoms with van der Waals surface area (Å²) in [5.74, 6) is -3.22. The number of halogens is 3. The molecular formula is C13H9F3N2O. The molecule has 0 aliphatic rings. The van der Waals surface area contributed by atoms with E-state index >= 15 is 0 Å². The van der Waals surface area contributed by atoms with E-state index in [4.69, 9.17) is 0 Å². The maximum absolute atomic E-state index is 12.9. The normalized spacial score (nSPS) is 10.3. The number of aromatic nitrogens is 1. The zero-order chi connectivity index (χ0) is 13.8. The Labute approximate surface area is 107 Å². The van der Waals surface area contributed by atoms with Crippen molar-refractivity contribution in [2.24, 2.45) is 0 Å². The molecule has 0 aliphatic heterocycles. The maximum atomic E-state index is 12.9. The van der Waals surface area contributed by atoms with Gasteiger partial charge in [0.05, 0.1) is 0 Å². The van der Waals surface area contributed by atoms with Gasteiger partial charge in [-0.25, -0.2) is 13.8 Å². The van der Waals surface area contributed by atoms with E-state index in [1.807, 2.05) is 0 Å². The molecule has 0 bridgehead atoms. The molecule has 0 fully saturated rings. The van der Waals surface area contributed by atoms with Crippen LogP contribution in [-0.2, 0) is 6.54 Å². The fourth-order valence-electron chi connectivity index (χ4n) is 1.48. The molecule has 0 unspecified atom stereocenters. The number of pyridine rings is 1. The lowest BCUT2D eigenvalue weighted by Gasteiger charge is -2.05. The summed E-state index contributed by atoms with van der Waals surface area (Å²) in [7, 11) is 0. The Balaban J connectivity index is 2.02. The van der Waals surface area contributed by atoms with Crippen LogP contribution in [0.3, 0.4) is 0 Å². The topological polar surface area (TPSA) is 42.0 Å². The summed E-state index contributed by atoms with van der Waals surface area (Å²) in [5.41, 5.74) is 0.511. The van der Waals surface area contributed by atoms with Gasteiger partial charge in [-0.05, 0) is 23.8 Å². The first-order valence-corrected chi connectivity index (χ1v) is 5.40. The van der Waals surface area contributed by atoms with E-state index in [9.17, 15) is 18.0 Å². The number of carbonyl (C=O) groups excluding carboxylic acids is 1. The van der Waals surface area contributed by atoms with Crippen LogP contribution in [0.2, 0.25) is 0 Å². The van der Waals surface area contributed by atoms with Crippen molar-refractivity contribution in [2.45, 2.75) is 6.54 Å². The largest absolute Gasteiger partial charge is 0.348 e. The molecule has 3 nitrogen and oxygen atoms in total. The predicted molar refractivity (Wildman–Crippen MR) is 61.7 cm³/mol. The van der Waals surface area contributed by atoms with Gasteiger partial charge in [0.1, 0.15) is 0 Å². The first-order valence-electron chi connectivity index (χ1n) is 5.40. The van der Waals surface area contributed by atoms with Gasteiger partial charge in [0.2, 0.25) is 5.95 Å². The van der Waals surface area contributed by atoms with Crippen LogP contribution in [0.25, 0.3) is 0 Å². The van der Waals surface area contributed by atoms with Crippen LogP contribution in [0.1, 0.15) is 15.9 Å². The van der Waals surface area contributed by atoms with Gasteiger partial charge in [-0.2, -0.15) is 4.39 Å². The van der Waals surface area contributed by atoms with Crippen LogP contribution in [0.4, 0.5) is 13.2 Å². The monoisotopic (exact) mass is 266 g/mol. The third kappa shape index (κ3) is 3.31. The van der Waals surface area contributed by atoms with Gasteiger partial charge < -0.3 is 5.32 Å². The Kier molecular flexibility index (Phi) is 3.79. The number of nitrogens with zero attached hydrogens (tertiary/aromatic N) is 1. The summed E-state index contributed by atoms with van der Waals surface area (Å²) in [4.78, 5) is 15.0. The number of amides is 1. The van der Waals surface area contributed by atoms with Gasteiger partial charge in [-0.1, -0.05) is 6.07 Å². The molecule has 1 heterocycles. The minimum absolute atomic E-state index is 0.0139. The van der Waals surface area contributed by atoms with Gasteiger partial charge in [0.15, 0.2) is 11.6 Å². The minimum Gasteiger partial charge on any atom is -0.348 e. The Bertz CT molecular complexity index is 617. The van der Waals surface area contributed by atoms with Crippen molar-refractivity contribution in [3.8, 4) is 0 Å². The van der Waals surface area contributed by atoms with Gasteiger partial charge in [0, 0.05) is 24.4 Å². The second-order valence-electron chi connectivity index (χ2n) is 3.80. The van der Waals surface area contributed by atoms with E-state index in [1.165, 1.54) is 18.3 Å². The van der Waals surface area contributed by atoms with Crippen LogP contribution in [0.15, 0.2) is 36.5 Å². The van der Waals surface area contributed by atoms with Crippen LogP contribution in [0.5, 0.6) is 0 Å². The standard InChI is InChI=1S/C13H9F3N2O/c14-10-2-1-8(5-11(10)15)7-18-13(19)9-3-4-17-12(16)6-9/h1-6H,7H2,(H,18,19). The van der Waals surface area contributed by atoms with Gasteiger partial charge in [0.25, 0.3) is 5.91 Å². The molecule has 1 amide bonds. The highest BCUT2D eigenvalue weighted by Gasteiger charge is 2.08. The minimum atomic E-state index is -0.985. The van der Waals surface area contributed by atoms with E-state index in [1.54, 1.807) is 0 Å². The molecule has 2 rings (SSSR count). The second-order valence-corrected chi connectivity index (χ2v) is 3.80. The third-order valence-electron chi connectivity index (χ3n) is 2.43. The van der Waals surface area contributed by atoms with Crippen LogP contribution in [-0.4, -0.2) is 10.9 Å². The van der Waals surface area contributed by atoms with E-state index in [0.717, 1.165) is 18.2 Å². The molecule has 0 saturated heterocycles. The highest BCUT2D eigenvalue weighted by Crippen LogP contribution is 2.09. The van der Waals surface area contributed by atoms with Crippen molar-refractivity contribution in [1.82, 2.24) is 10.3 Å². The summed E-state index contributed by atoms with van der Waals surface area (Å²) >= 11 is 0. The summed E-state index contributed by atoms with van der Waals surface area (Å²) in [6.45, 7) is 0.0139. The summed E-state index contributed by atoms with van der Waals surface area (Å²) in [6.07, 6.45) is 1.17. The Hall–Kier alpha value is -2.37. The third-order valence-corrected chi connectivity index (χ3v) is 2.43. The average molecular weight is 266 g/mol. The Morgan fingerprint density at radius 1 is 1.11 bits per heavy atom. The summed E-state index contributed by atoms with van der Waals surface area (Å²) in [6, 6.07) is 5.65. The summed E-state index contributed by atoms with van der Waals surface area (Å²) in [5, 5.41) is 2.47. The fourth-order valence-corrected chi connectivity index (χ4v) is 1.48. The number of nitrogens with one attached hydrogen (secondary N) is 1. The smallest absolute Gasteiger partial charge is 0.251 e. The van der Waals surface area contributed by atoms with Crippen LogP contribution >= 0.6 is 0 Å². The number of hydrogen-bond donors (Lipinski definition) is 1. The molecule has 2 aromatic rings.